The molecule has 2 N–H and O–H groups in total. The summed E-state index contributed by atoms with van der Waals surface area (Å²) in [5, 5.41) is 6.00. The summed E-state index contributed by atoms with van der Waals surface area (Å²) in [7, 11) is 4.70. The Morgan fingerprint density at radius 3 is 1.93 bits per heavy atom. The minimum atomic E-state index is -0.283. The first-order chi connectivity index (χ1) is 13.6. The van der Waals surface area contributed by atoms with Gasteiger partial charge in [-0.05, 0) is 48.5 Å². The van der Waals surface area contributed by atoms with E-state index in [1.807, 2.05) is 24.3 Å². The fraction of sp³-hybridized carbons (Fsp3) is 0.143. The summed E-state index contributed by atoms with van der Waals surface area (Å²) in [6.07, 6.45) is 1.58. The van der Waals surface area contributed by atoms with E-state index in [4.69, 9.17) is 14.2 Å². The maximum absolute atomic E-state index is 12.5. The highest BCUT2D eigenvalue weighted by Crippen LogP contribution is 2.24. The summed E-state index contributed by atoms with van der Waals surface area (Å²) in [6.45, 7) is 0. The van der Waals surface area contributed by atoms with Gasteiger partial charge in [0.15, 0.2) is 0 Å². The van der Waals surface area contributed by atoms with E-state index < -0.39 is 0 Å². The highest BCUT2D eigenvalue weighted by atomic mass is 16.5. The minimum Gasteiger partial charge on any atom is -0.497 e. The Balaban J connectivity index is 1.67. The van der Waals surface area contributed by atoms with Gasteiger partial charge in [-0.3, -0.25) is 4.79 Å². The van der Waals surface area contributed by atoms with Gasteiger partial charge in [-0.15, -0.1) is 0 Å². The van der Waals surface area contributed by atoms with E-state index in [0.29, 0.717) is 28.6 Å². The van der Waals surface area contributed by atoms with Crippen LogP contribution in [0.4, 0.5) is 17.2 Å². The molecule has 0 aliphatic heterocycles. The van der Waals surface area contributed by atoms with Crippen LogP contribution < -0.4 is 24.8 Å². The molecule has 0 radical (unpaired) electrons. The van der Waals surface area contributed by atoms with E-state index in [9.17, 15) is 4.79 Å². The number of carbonyl (C=O) groups excluding carboxylic acids is 1. The number of nitrogens with one attached hydrogen (secondary N) is 2. The third kappa shape index (κ3) is 4.70. The van der Waals surface area contributed by atoms with Crippen LogP contribution in [0.15, 0.2) is 60.8 Å². The molecule has 1 aromatic heterocycles. The van der Waals surface area contributed by atoms with Crippen molar-refractivity contribution in [3.05, 3.63) is 66.4 Å². The van der Waals surface area contributed by atoms with E-state index in [1.165, 1.54) is 14.2 Å². The molecule has 3 aromatic rings. The fourth-order valence-corrected chi connectivity index (χ4v) is 2.51. The zero-order valence-corrected chi connectivity index (χ0v) is 15.9. The lowest BCUT2D eigenvalue weighted by Crippen LogP contribution is -2.12. The van der Waals surface area contributed by atoms with E-state index in [1.54, 1.807) is 43.6 Å². The molecule has 0 bridgehead atoms. The molecule has 1 amide bonds. The topological polar surface area (TPSA) is 81.7 Å². The molecule has 7 nitrogen and oxygen atoms in total. The number of methoxy groups -OCH3 is 3. The van der Waals surface area contributed by atoms with Crippen molar-refractivity contribution in [2.75, 3.05) is 32.0 Å². The average molecular weight is 379 g/mol. The minimum absolute atomic E-state index is 0.283. The highest BCUT2D eigenvalue weighted by molar-refractivity contribution is 6.04. The normalized spacial score (nSPS) is 10.1. The molecule has 0 aliphatic rings. The van der Waals surface area contributed by atoms with Crippen LogP contribution in [-0.2, 0) is 0 Å². The quantitative estimate of drug-likeness (QED) is 0.643. The number of rotatable bonds is 7. The monoisotopic (exact) mass is 379 g/mol. The Labute approximate surface area is 163 Å². The van der Waals surface area contributed by atoms with Crippen LogP contribution in [0, 0.1) is 0 Å². The van der Waals surface area contributed by atoms with Gasteiger partial charge in [-0.2, -0.15) is 0 Å². The molecule has 3 rings (SSSR count). The SMILES string of the molecule is COc1ccc(Nc2ccc(NC(=O)c3cc(OC)cc(OC)c3)cn2)cc1. The summed E-state index contributed by atoms with van der Waals surface area (Å²) < 4.78 is 15.5. The standard InChI is InChI=1S/C21H21N3O4/c1-26-17-7-4-15(5-8-17)23-20-9-6-16(13-22-20)24-21(25)14-10-18(27-2)12-19(11-14)28-3/h4-13H,1-3H3,(H,22,23)(H,24,25). The van der Waals surface area contributed by atoms with E-state index >= 15 is 0 Å². The molecule has 0 aliphatic carbocycles. The number of pyridine rings is 1. The maximum Gasteiger partial charge on any atom is 0.255 e. The Morgan fingerprint density at radius 1 is 0.786 bits per heavy atom. The molecular weight excluding hydrogens is 358 g/mol. The van der Waals surface area contributed by atoms with Gasteiger partial charge in [0.1, 0.15) is 23.1 Å². The number of hydrogen-bond acceptors (Lipinski definition) is 6. The van der Waals surface area contributed by atoms with Crippen LogP contribution in [0.1, 0.15) is 10.4 Å². The lowest BCUT2D eigenvalue weighted by atomic mass is 10.2. The van der Waals surface area contributed by atoms with Gasteiger partial charge >= 0.3 is 0 Å². The van der Waals surface area contributed by atoms with Crippen molar-refractivity contribution in [2.45, 2.75) is 0 Å². The summed E-state index contributed by atoms with van der Waals surface area (Å²) in [5.74, 6) is 2.25. The second-order valence-corrected chi connectivity index (χ2v) is 5.84. The third-order valence-corrected chi connectivity index (χ3v) is 4.00. The second-order valence-electron chi connectivity index (χ2n) is 5.84. The first-order valence-corrected chi connectivity index (χ1v) is 8.53. The van der Waals surface area contributed by atoms with E-state index in [2.05, 4.69) is 15.6 Å². The number of aromatic nitrogens is 1. The van der Waals surface area contributed by atoms with Crippen LogP contribution in [0.5, 0.6) is 17.2 Å². The van der Waals surface area contributed by atoms with Crippen LogP contribution in [0.25, 0.3) is 0 Å². The molecule has 0 fully saturated rings. The van der Waals surface area contributed by atoms with E-state index in [-0.39, 0.29) is 5.91 Å². The molecule has 2 aromatic carbocycles. The molecule has 0 saturated heterocycles. The number of carbonyl (C=O) groups is 1. The van der Waals surface area contributed by atoms with Crippen molar-refractivity contribution in [1.29, 1.82) is 0 Å². The number of ether oxygens (including phenoxy) is 3. The number of nitrogens with zero attached hydrogens (tertiary/aromatic N) is 1. The Hall–Kier alpha value is -3.74. The first kappa shape index (κ1) is 19.0. The summed E-state index contributed by atoms with van der Waals surface area (Å²) in [5.41, 5.74) is 1.89. The zero-order valence-electron chi connectivity index (χ0n) is 15.9. The van der Waals surface area contributed by atoms with Crippen molar-refractivity contribution < 1.29 is 19.0 Å². The molecule has 7 heteroatoms. The Kier molecular flexibility index (Phi) is 5.96. The maximum atomic E-state index is 12.5. The van der Waals surface area contributed by atoms with Crippen LogP contribution in [0.3, 0.4) is 0 Å². The zero-order chi connectivity index (χ0) is 19.9. The second kappa shape index (κ2) is 8.77. The lowest BCUT2D eigenvalue weighted by Gasteiger charge is -2.10. The lowest BCUT2D eigenvalue weighted by molar-refractivity contribution is 0.102. The predicted molar refractivity (Wildman–Crippen MR) is 108 cm³/mol. The molecule has 28 heavy (non-hydrogen) atoms. The predicted octanol–water partition coefficient (Wildman–Crippen LogP) is 4.10. The summed E-state index contributed by atoms with van der Waals surface area (Å²) >= 11 is 0. The average Bonchev–Trinajstić information content (AvgIpc) is 2.75. The van der Waals surface area contributed by atoms with Gasteiger partial charge in [-0.1, -0.05) is 0 Å². The van der Waals surface area contributed by atoms with Crippen LogP contribution in [0.2, 0.25) is 0 Å². The molecule has 0 saturated carbocycles. The summed E-state index contributed by atoms with van der Waals surface area (Å²) in [4.78, 5) is 16.8. The number of benzene rings is 2. The van der Waals surface area contributed by atoms with Crippen molar-refractivity contribution in [3.63, 3.8) is 0 Å². The van der Waals surface area contributed by atoms with Crippen molar-refractivity contribution in [1.82, 2.24) is 4.98 Å². The number of amides is 1. The Bertz CT molecular complexity index is 919. The number of anilines is 3. The molecule has 0 atom stereocenters. The van der Waals surface area contributed by atoms with Crippen molar-refractivity contribution >= 4 is 23.1 Å². The molecule has 1 heterocycles. The third-order valence-electron chi connectivity index (χ3n) is 4.00. The van der Waals surface area contributed by atoms with Crippen LogP contribution in [-0.4, -0.2) is 32.2 Å². The fourth-order valence-electron chi connectivity index (χ4n) is 2.51. The van der Waals surface area contributed by atoms with Gasteiger partial charge in [0.2, 0.25) is 0 Å². The largest absolute Gasteiger partial charge is 0.497 e. The summed E-state index contributed by atoms with van der Waals surface area (Å²) in [6, 6.07) is 16.1. The van der Waals surface area contributed by atoms with Gasteiger partial charge < -0.3 is 24.8 Å². The highest BCUT2D eigenvalue weighted by Gasteiger charge is 2.10. The van der Waals surface area contributed by atoms with Crippen LogP contribution >= 0.6 is 0 Å². The molecule has 0 unspecified atom stereocenters. The van der Waals surface area contributed by atoms with Crippen molar-refractivity contribution in [2.24, 2.45) is 0 Å². The molecule has 144 valence electrons. The smallest absolute Gasteiger partial charge is 0.255 e. The Morgan fingerprint density at radius 2 is 1.39 bits per heavy atom. The van der Waals surface area contributed by atoms with Gasteiger partial charge in [0.05, 0.1) is 33.2 Å². The molecular formula is C21H21N3O4. The van der Waals surface area contributed by atoms with Gasteiger partial charge in [0.25, 0.3) is 5.91 Å². The number of hydrogen-bond donors (Lipinski definition) is 2. The van der Waals surface area contributed by atoms with Gasteiger partial charge in [-0.25, -0.2) is 4.98 Å². The van der Waals surface area contributed by atoms with Crippen molar-refractivity contribution in [3.8, 4) is 17.2 Å². The van der Waals surface area contributed by atoms with E-state index in [0.717, 1.165) is 11.4 Å². The van der Waals surface area contributed by atoms with Gasteiger partial charge in [0, 0.05) is 17.3 Å². The molecule has 0 spiro atoms. The first-order valence-electron chi connectivity index (χ1n) is 8.53.